The number of hydrogen-bond acceptors (Lipinski definition) is 7. The molecule has 0 radical (unpaired) electrons. The molecule has 0 amide bonds. The van der Waals surface area contributed by atoms with Crippen molar-refractivity contribution in [1.29, 1.82) is 0 Å². The van der Waals surface area contributed by atoms with Gasteiger partial charge in [0, 0.05) is 42.4 Å². The summed E-state index contributed by atoms with van der Waals surface area (Å²) in [4.78, 5) is 4.60. The summed E-state index contributed by atoms with van der Waals surface area (Å²) in [5.41, 5.74) is 8.21. The summed E-state index contributed by atoms with van der Waals surface area (Å²) in [6.45, 7) is 10.3. The number of nitrogens with one attached hydrogen (secondary N) is 1. The number of nitrogens with zero attached hydrogens (tertiary/aromatic N) is 1. The number of aromatic nitrogens is 1. The van der Waals surface area contributed by atoms with Crippen LogP contribution >= 0.6 is 0 Å². The van der Waals surface area contributed by atoms with Gasteiger partial charge < -0.3 is 29.0 Å². The molecule has 0 aliphatic rings. The minimum atomic E-state index is 0.480. The second-order valence-corrected chi connectivity index (χ2v) is 10.3. The fourth-order valence-corrected chi connectivity index (χ4v) is 4.79. The second kappa shape index (κ2) is 19.5. The van der Waals surface area contributed by atoms with Crippen molar-refractivity contribution < 1.29 is 23.7 Å². The van der Waals surface area contributed by atoms with E-state index in [1.807, 2.05) is 30.6 Å². The minimum absolute atomic E-state index is 0.480. The number of pyridine rings is 1. The highest BCUT2D eigenvalue weighted by Gasteiger charge is 2.12. The zero-order valence-corrected chi connectivity index (χ0v) is 26.1. The predicted octanol–water partition coefficient (Wildman–Crippen LogP) is 7.45. The van der Waals surface area contributed by atoms with Gasteiger partial charge in [-0.15, -0.1) is 0 Å². The molecule has 0 unspecified atom stereocenters. The molecular formula is C37H46N2O5. The van der Waals surface area contributed by atoms with Crippen LogP contribution in [-0.2, 0) is 31.9 Å². The molecule has 1 N–H and O–H groups in total. The highest BCUT2D eigenvalue weighted by atomic mass is 16.6. The van der Waals surface area contributed by atoms with Crippen LogP contribution < -0.4 is 10.1 Å². The highest BCUT2D eigenvalue weighted by molar-refractivity contribution is 5.78. The van der Waals surface area contributed by atoms with Gasteiger partial charge in [-0.3, -0.25) is 4.98 Å². The standard InChI is InChI=1S/C37H46N2O5/c1-3-18-40-19-20-41-21-22-42-23-24-43-25-26-44-34-16-12-32(13-17-34)37-29-38-28-36(35(37)4-2)31-10-14-33(15-11-31)39-27-30-8-6-5-7-9-30/h5-17,28-29,39H,3-4,18-27H2,1-2H3. The first-order valence-electron chi connectivity index (χ1n) is 15.7. The van der Waals surface area contributed by atoms with E-state index in [-0.39, 0.29) is 0 Å². The zero-order valence-electron chi connectivity index (χ0n) is 26.1. The Morgan fingerprint density at radius 3 is 1.64 bits per heavy atom. The first-order chi connectivity index (χ1) is 21.8. The van der Waals surface area contributed by atoms with Gasteiger partial charge in [0.25, 0.3) is 0 Å². The molecule has 0 aliphatic heterocycles. The SMILES string of the molecule is CCCOCCOCCOCCOCCOc1ccc(-c2cncc(-c3ccc(NCc4ccccc4)cc3)c2CC)cc1. The molecule has 7 heteroatoms. The number of ether oxygens (including phenoxy) is 5. The quantitative estimate of drug-likeness (QED) is 0.1000. The average molecular weight is 599 g/mol. The summed E-state index contributed by atoms with van der Waals surface area (Å²) < 4.78 is 27.9. The van der Waals surface area contributed by atoms with E-state index in [1.165, 1.54) is 11.1 Å². The van der Waals surface area contributed by atoms with Crippen molar-refractivity contribution in [3.05, 3.63) is 102 Å². The van der Waals surface area contributed by atoms with Crippen LogP contribution in [0.3, 0.4) is 0 Å². The summed E-state index contributed by atoms with van der Waals surface area (Å²) >= 11 is 0. The topological polar surface area (TPSA) is 71.1 Å². The fraction of sp³-hybridized carbons (Fsp3) is 0.378. The molecule has 234 valence electrons. The Labute approximate surface area is 262 Å². The Balaban J connectivity index is 1.19. The van der Waals surface area contributed by atoms with Gasteiger partial charge in [-0.1, -0.05) is 68.4 Å². The highest BCUT2D eigenvalue weighted by Crippen LogP contribution is 2.33. The van der Waals surface area contributed by atoms with Crippen molar-refractivity contribution in [2.75, 3.05) is 64.8 Å². The maximum absolute atomic E-state index is 5.89. The van der Waals surface area contributed by atoms with Crippen molar-refractivity contribution >= 4 is 5.69 Å². The third kappa shape index (κ3) is 11.1. The molecule has 3 aromatic carbocycles. The zero-order chi connectivity index (χ0) is 30.7. The van der Waals surface area contributed by atoms with E-state index in [4.69, 9.17) is 23.7 Å². The van der Waals surface area contributed by atoms with Crippen molar-refractivity contribution in [1.82, 2.24) is 4.98 Å². The van der Waals surface area contributed by atoms with Gasteiger partial charge in [0.05, 0.1) is 46.2 Å². The lowest BCUT2D eigenvalue weighted by atomic mass is 9.93. The van der Waals surface area contributed by atoms with Crippen LogP contribution in [0.25, 0.3) is 22.3 Å². The Hall–Kier alpha value is -3.75. The fourth-order valence-electron chi connectivity index (χ4n) is 4.79. The maximum atomic E-state index is 5.89. The predicted molar refractivity (Wildman–Crippen MR) is 177 cm³/mol. The van der Waals surface area contributed by atoms with Crippen molar-refractivity contribution in [2.45, 2.75) is 33.2 Å². The lowest BCUT2D eigenvalue weighted by Crippen LogP contribution is -2.13. The molecule has 44 heavy (non-hydrogen) atoms. The molecule has 7 nitrogen and oxygen atoms in total. The summed E-state index contributed by atoms with van der Waals surface area (Å²) in [5.74, 6) is 0.814. The van der Waals surface area contributed by atoms with Gasteiger partial charge in [0.2, 0.25) is 0 Å². The van der Waals surface area contributed by atoms with Gasteiger partial charge in [-0.25, -0.2) is 0 Å². The minimum Gasteiger partial charge on any atom is -0.491 e. The van der Waals surface area contributed by atoms with Crippen LogP contribution in [0.2, 0.25) is 0 Å². The first kappa shape index (κ1) is 33.1. The smallest absolute Gasteiger partial charge is 0.119 e. The van der Waals surface area contributed by atoms with Crippen molar-refractivity contribution in [3.63, 3.8) is 0 Å². The summed E-state index contributed by atoms with van der Waals surface area (Å²) in [7, 11) is 0. The second-order valence-electron chi connectivity index (χ2n) is 10.3. The Kier molecular flexibility index (Phi) is 14.7. The molecule has 0 saturated carbocycles. The van der Waals surface area contributed by atoms with E-state index in [0.717, 1.165) is 59.7 Å². The third-order valence-electron chi connectivity index (χ3n) is 7.07. The molecule has 0 atom stereocenters. The largest absolute Gasteiger partial charge is 0.491 e. The van der Waals surface area contributed by atoms with E-state index in [1.54, 1.807) is 0 Å². The van der Waals surface area contributed by atoms with Crippen LogP contribution in [0.1, 0.15) is 31.4 Å². The lowest BCUT2D eigenvalue weighted by Gasteiger charge is -2.15. The number of anilines is 1. The van der Waals surface area contributed by atoms with E-state index in [0.29, 0.717) is 52.9 Å². The molecular weight excluding hydrogens is 552 g/mol. The third-order valence-corrected chi connectivity index (χ3v) is 7.07. The van der Waals surface area contributed by atoms with Crippen LogP contribution in [-0.4, -0.2) is 64.4 Å². The normalized spacial score (nSPS) is 11.0. The molecule has 0 aliphatic carbocycles. The van der Waals surface area contributed by atoms with Crippen molar-refractivity contribution in [2.24, 2.45) is 0 Å². The molecule has 1 aromatic heterocycles. The Morgan fingerprint density at radius 2 is 1.09 bits per heavy atom. The number of benzene rings is 3. The van der Waals surface area contributed by atoms with E-state index in [9.17, 15) is 0 Å². The monoisotopic (exact) mass is 598 g/mol. The van der Waals surface area contributed by atoms with Crippen LogP contribution in [0.5, 0.6) is 5.75 Å². The molecule has 1 heterocycles. The average Bonchev–Trinajstić information content (AvgIpc) is 3.08. The van der Waals surface area contributed by atoms with Crippen LogP contribution in [0, 0.1) is 0 Å². The van der Waals surface area contributed by atoms with Crippen LogP contribution in [0.4, 0.5) is 5.69 Å². The molecule has 0 bridgehead atoms. The van der Waals surface area contributed by atoms with Crippen LogP contribution in [0.15, 0.2) is 91.3 Å². The molecule has 0 spiro atoms. The number of hydrogen-bond donors (Lipinski definition) is 1. The lowest BCUT2D eigenvalue weighted by molar-refractivity contribution is -0.00450. The van der Waals surface area contributed by atoms with Gasteiger partial charge in [-0.05, 0) is 59.4 Å². The van der Waals surface area contributed by atoms with Crippen molar-refractivity contribution in [3.8, 4) is 28.0 Å². The maximum Gasteiger partial charge on any atom is 0.119 e. The van der Waals surface area contributed by atoms with Gasteiger partial charge in [-0.2, -0.15) is 0 Å². The molecule has 0 fully saturated rings. The Bertz CT molecular complexity index is 1330. The van der Waals surface area contributed by atoms with Gasteiger partial charge in [0.1, 0.15) is 12.4 Å². The first-order valence-corrected chi connectivity index (χ1v) is 15.7. The summed E-state index contributed by atoms with van der Waals surface area (Å²) in [6.07, 6.45) is 5.86. The van der Waals surface area contributed by atoms with E-state index in [2.05, 4.69) is 84.8 Å². The van der Waals surface area contributed by atoms with Gasteiger partial charge in [0.15, 0.2) is 0 Å². The summed E-state index contributed by atoms with van der Waals surface area (Å²) in [5, 5.41) is 3.50. The molecule has 4 aromatic rings. The number of rotatable bonds is 21. The van der Waals surface area contributed by atoms with E-state index < -0.39 is 0 Å². The molecule has 0 saturated heterocycles. The van der Waals surface area contributed by atoms with E-state index >= 15 is 0 Å². The summed E-state index contributed by atoms with van der Waals surface area (Å²) in [6, 6.07) is 27.2. The molecule has 4 rings (SSSR count). The van der Waals surface area contributed by atoms with Gasteiger partial charge >= 0.3 is 0 Å². The Morgan fingerprint density at radius 1 is 0.568 bits per heavy atom.